The molecular formula is C13H24N2O3S. The monoisotopic (exact) mass is 288 g/mol. The first kappa shape index (κ1) is 14.8. The van der Waals surface area contributed by atoms with Crippen molar-refractivity contribution in [2.45, 2.75) is 38.8 Å². The molecule has 2 saturated heterocycles. The molecule has 0 spiro atoms. The van der Waals surface area contributed by atoms with Crippen LogP contribution in [-0.2, 0) is 14.6 Å². The van der Waals surface area contributed by atoms with Crippen LogP contribution in [0.5, 0.6) is 0 Å². The molecule has 0 aromatic rings. The van der Waals surface area contributed by atoms with Gasteiger partial charge in [0.1, 0.15) is 0 Å². The highest BCUT2D eigenvalue weighted by Crippen LogP contribution is 2.21. The standard InChI is InChI=1S/C13H24N2O3S/c1-10-4-6-15(8-10)11(2)13(16)14(3)12-5-7-19(17,18)9-12/h10-12H,4-9H2,1-3H3/t10-,11-,12+/m1/s1. The Hall–Kier alpha value is -0.620. The van der Waals surface area contributed by atoms with E-state index in [9.17, 15) is 13.2 Å². The highest BCUT2D eigenvalue weighted by molar-refractivity contribution is 7.91. The van der Waals surface area contributed by atoms with Crippen molar-refractivity contribution in [2.24, 2.45) is 5.92 Å². The lowest BCUT2D eigenvalue weighted by atomic mass is 10.1. The highest BCUT2D eigenvalue weighted by atomic mass is 32.2. The van der Waals surface area contributed by atoms with Gasteiger partial charge in [-0.15, -0.1) is 0 Å². The maximum atomic E-state index is 12.4. The van der Waals surface area contributed by atoms with Crippen LogP contribution in [0.4, 0.5) is 0 Å². The predicted octanol–water partition coefficient (Wildman–Crippen LogP) is 0.362. The number of hydrogen-bond donors (Lipinski definition) is 0. The normalized spacial score (nSPS) is 32.4. The predicted molar refractivity (Wildman–Crippen MR) is 74.6 cm³/mol. The van der Waals surface area contributed by atoms with Crippen molar-refractivity contribution in [3.8, 4) is 0 Å². The van der Waals surface area contributed by atoms with Crippen molar-refractivity contribution >= 4 is 15.7 Å². The molecule has 0 radical (unpaired) electrons. The number of carbonyl (C=O) groups is 1. The van der Waals surface area contributed by atoms with Crippen molar-refractivity contribution in [1.29, 1.82) is 0 Å². The van der Waals surface area contributed by atoms with E-state index in [1.54, 1.807) is 11.9 Å². The van der Waals surface area contributed by atoms with Crippen LogP contribution in [-0.4, -0.2) is 67.9 Å². The summed E-state index contributed by atoms with van der Waals surface area (Å²) in [6.45, 7) is 6.05. The number of nitrogens with zero attached hydrogens (tertiary/aromatic N) is 2. The van der Waals surface area contributed by atoms with Crippen LogP contribution in [0.2, 0.25) is 0 Å². The third kappa shape index (κ3) is 3.28. The van der Waals surface area contributed by atoms with Gasteiger partial charge in [-0.05, 0) is 32.2 Å². The maximum Gasteiger partial charge on any atom is 0.239 e. The summed E-state index contributed by atoms with van der Waals surface area (Å²) in [7, 11) is -1.20. The Balaban J connectivity index is 1.95. The summed E-state index contributed by atoms with van der Waals surface area (Å²) < 4.78 is 23.0. The first-order valence-electron chi connectivity index (χ1n) is 7.01. The fourth-order valence-electron chi connectivity index (χ4n) is 3.03. The second-order valence-electron chi connectivity index (χ2n) is 6.07. The van der Waals surface area contributed by atoms with Gasteiger partial charge >= 0.3 is 0 Å². The molecule has 0 saturated carbocycles. The topological polar surface area (TPSA) is 57.7 Å². The minimum atomic E-state index is -2.94. The molecule has 2 aliphatic heterocycles. The second-order valence-corrected chi connectivity index (χ2v) is 8.30. The van der Waals surface area contributed by atoms with Gasteiger partial charge in [0.15, 0.2) is 9.84 Å². The molecule has 2 rings (SSSR count). The van der Waals surface area contributed by atoms with E-state index in [2.05, 4.69) is 11.8 Å². The lowest BCUT2D eigenvalue weighted by Crippen LogP contribution is -2.48. The molecule has 3 atom stereocenters. The van der Waals surface area contributed by atoms with Gasteiger partial charge in [-0.1, -0.05) is 6.92 Å². The minimum Gasteiger partial charge on any atom is -0.340 e. The molecule has 1 amide bonds. The number of carbonyl (C=O) groups excluding carboxylic acids is 1. The number of likely N-dealkylation sites (tertiary alicyclic amines) is 1. The lowest BCUT2D eigenvalue weighted by molar-refractivity contribution is -0.136. The van der Waals surface area contributed by atoms with Gasteiger partial charge in [0.05, 0.1) is 17.5 Å². The van der Waals surface area contributed by atoms with Crippen molar-refractivity contribution < 1.29 is 13.2 Å². The van der Waals surface area contributed by atoms with Crippen LogP contribution in [0, 0.1) is 5.92 Å². The third-order valence-electron chi connectivity index (χ3n) is 4.46. The molecule has 110 valence electrons. The van der Waals surface area contributed by atoms with Crippen LogP contribution >= 0.6 is 0 Å². The molecule has 0 aliphatic carbocycles. The van der Waals surface area contributed by atoms with E-state index in [0.29, 0.717) is 12.3 Å². The molecular weight excluding hydrogens is 264 g/mol. The van der Waals surface area contributed by atoms with E-state index in [4.69, 9.17) is 0 Å². The Kier molecular flexibility index (Phi) is 4.20. The van der Waals surface area contributed by atoms with Gasteiger partial charge in [0.25, 0.3) is 0 Å². The highest BCUT2D eigenvalue weighted by Gasteiger charge is 2.36. The third-order valence-corrected chi connectivity index (χ3v) is 6.21. The molecule has 2 fully saturated rings. The molecule has 0 bridgehead atoms. The largest absolute Gasteiger partial charge is 0.340 e. The number of rotatable bonds is 3. The van der Waals surface area contributed by atoms with Crippen LogP contribution in [0.15, 0.2) is 0 Å². The van der Waals surface area contributed by atoms with Crippen molar-refractivity contribution in [3.63, 3.8) is 0 Å². The first-order chi connectivity index (χ1) is 8.80. The average molecular weight is 288 g/mol. The summed E-state index contributed by atoms with van der Waals surface area (Å²) >= 11 is 0. The Morgan fingerprint density at radius 3 is 2.53 bits per heavy atom. The van der Waals surface area contributed by atoms with Crippen LogP contribution in [0.1, 0.15) is 26.7 Å². The molecule has 0 N–H and O–H groups in total. The molecule has 19 heavy (non-hydrogen) atoms. The zero-order chi connectivity index (χ0) is 14.2. The fraction of sp³-hybridized carbons (Fsp3) is 0.923. The van der Waals surface area contributed by atoms with E-state index in [1.165, 1.54) is 0 Å². The van der Waals surface area contributed by atoms with Gasteiger partial charge in [0.2, 0.25) is 5.91 Å². The number of hydrogen-bond acceptors (Lipinski definition) is 4. The average Bonchev–Trinajstić information content (AvgIpc) is 2.92. The lowest BCUT2D eigenvalue weighted by Gasteiger charge is -2.31. The molecule has 6 heteroatoms. The summed E-state index contributed by atoms with van der Waals surface area (Å²) in [5, 5.41) is 0. The Labute approximate surface area is 115 Å². The molecule has 0 unspecified atom stereocenters. The summed E-state index contributed by atoms with van der Waals surface area (Å²) in [5.41, 5.74) is 0. The Morgan fingerprint density at radius 2 is 2.05 bits per heavy atom. The van der Waals surface area contributed by atoms with Gasteiger partial charge in [-0.3, -0.25) is 9.69 Å². The van der Waals surface area contributed by atoms with Crippen LogP contribution < -0.4 is 0 Å². The Morgan fingerprint density at radius 1 is 1.37 bits per heavy atom. The molecule has 2 aliphatic rings. The zero-order valence-electron chi connectivity index (χ0n) is 12.0. The molecule has 5 nitrogen and oxygen atoms in total. The number of amides is 1. The van der Waals surface area contributed by atoms with Crippen LogP contribution in [0.25, 0.3) is 0 Å². The van der Waals surface area contributed by atoms with Gasteiger partial charge in [-0.2, -0.15) is 0 Å². The first-order valence-corrected chi connectivity index (χ1v) is 8.83. The maximum absolute atomic E-state index is 12.4. The van der Waals surface area contributed by atoms with E-state index in [1.807, 2.05) is 6.92 Å². The fourth-order valence-corrected chi connectivity index (χ4v) is 4.81. The smallest absolute Gasteiger partial charge is 0.239 e. The van der Waals surface area contributed by atoms with Gasteiger partial charge in [-0.25, -0.2) is 8.42 Å². The van der Waals surface area contributed by atoms with E-state index >= 15 is 0 Å². The Bertz CT molecular complexity index is 449. The summed E-state index contributed by atoms with van der Waals surface area (Å²) in [6, 6.07) is -0.279. The summed E-state index contributed by atoms with van der Waals surface area (Å²) in [5.74, 6) is 1.03. The van der Waals surface area contributed by atoms with Crippen LogP contribution in [0.3, 0.4) is 0 Å². The van der Waals surface area contributed by atoms with Crippen molar-refractivity contribution in [3.05, 3.63) is 0 Å². The van der Waals surface area contributed by atoms with Crippen molar-refractivity contribution in [2.75, 3.05) is 31.6 Å². The molecule has 0 aromatic carbocycles. The number of likely N-dealkylation sites (N-methyl/N-ethyl adjacent to an activating group) is 1. The van der Waals surface area contributed by atoms with Gasteiger partial charge < -0.3 is 4.90 Å². The van der Waals surface area contributed by atoms with Crippen molar-refractivity contribution in [1.82, 2.24) is 9.80 Å². The van der Waals surface area contributed by atoms with Gasteiger partial charge in [0, 0.05) is 19.6 Å². The molecule has 2 heterocycles. The SMILES string of the molecule is C[C@@H]1CCN([C@H](C)C(=O)N(C)[C@H]2CCS(=O)(=O)C2)C1. The number of sulfone groups is 1. The molecule has 0 aromatic heterocycles. The summed E-state index contributed by atoms with van der Waals surface area (Å²) in [4.78, 5) is 16.3. The quantitative estimate of drug-likeness (QED) is 0.752. The summed E-state index contributed by atoms with van der Waals surface area (Å²) in [6.07, 6.45) is 1.72. The zero-order valence-corrected chi connectivity index (χ0v) is 12.8. The second kappa shape index (κ2) is 5.40. The van der Waals surface area contributed by atoms with E-state index in [0.717, 1.165) is 19.5 Å². The van der Waals surface area contributed by atoms with E-state index in [-0.39, 0.29) is 29.5 Å². The minimum absolute atomic E-state index is 0.0520. The van der Waals surface area contributed by atoms with E-state index < -0.39 is 9.84 Å².